The van der Waals surface area contributed by atoms with Crippen molar-refractivity contribution >= 4 is 55.5 Å². The molecule has 0 saturated carbocycles. The van der Waals surface area contributed by atoms with Crippen molar-refractivity contribution in [3.8, 4) is 91.1 Å². The van der Waals surface area contributed by atoms with Crippen LogP contribution in [0.1, 0.15) is 0 Å². The molecule has 23 heteroatoms. The lowest BCUT2D eigenvalue weighted by Gasteiger charge is -2.03. The maximum Gasteiger partial charge on any atom is 0.340 e. The van der Waals surface area contributed by atoms with Crippen LogP contribution in [0.5, 0.6) is 0 Å². The summed E-state index contributed by atoms with van der Waals surface area (Å²) in [6.45, 7) is 0. The van der Waals surface area contributed by atoms with Crippen LogP contribution in [0.2, 0.25) is 0 Å². The molecule has 111 heavy (non-hydrogen) atoms. The number of tetrazole rings is 4. The molecule has 22 nitrogen and oxygen atoms in total. The van der Waals surface area contributed by atoms with Crippen LogP contribution in [0.3, 0.4) is 0 Å². The van der Waals surface area contributed by atoms with E-state index in [-0.39, 0.29) is 41.1 Å². The lowest BCUT2D eigenvalue weighted by atomic mass is 10.1. The minimum atomic E-state index is -0.423. The van der Waals surface area contributed by atoms with Crippen LogP contribution < -0.4 is 19.2 Å². The third-order valence-electron chi connectivity index (χ3n) is 16.9. The average molecular weight is 1570 g/mol. The molecule has 546 valence electrons. The molecule has 0 unspecified atom stereocenters. The molecule has 18 rings (SSSR count). The molecule has 0 aliphatic rings. The van der Waals surface area contributed by atoms with Crippen LogP contribution in [0.4, 0.5) is 11.4 Å². The number of hydrogen-bond donors (Lipinski definition) is 0. The Morgan fingerprint density at radius 1 is 0.261 bits per heavy atom. The minimum Gasteiger partial charge on any atom is -0.358 e. The number of non-ortho nitro benzene ring substituents is 2. The molecule has 0 atom stereocenters. The smallest absolute Gasteiger partial charge is 0.340 e. The summed E-state index contributed by atoms with van der Waals surface area (Å²) in [5, 5.41) is 64.2. The highest BCUT2D eigenvalue weighted by molar-refractivity contribution is 14.1. The van der Waals surface area contributed by atoms with Gasteiger partial charge in [0.15, 0.2) is 22.7 Å². The largest absolute Gasteiger partial charge is 0.358 e. The third-order valence-corrected chi connectivity index (χ3v) is 17.6. The number of benzene rings is 14. The normalized spacial score (nSPS) is 10.4. The minimum absolute atomic E-state index is 0. The lowest BCUT2D eigenvalue weighted by Crippen LogP contribution is -2.43. The maximum absolute atomic E-state index is 11.0. The summed E-state index contributed by atoms with van der Waals surface area (Å²) in [5.74, 6) is 2.50. The second kappa shape index (κ2) is 36.1. The van der Waals surface area contributed by atoms with E-state index in [4.69, 9.17) is 30.6 Å². The number of fused-ring (bicyclic) bond motifs is 2. The molecule has 0 aliphatic carbocycles. The monoisotopic (exact) mass is 1570 g/mol. The van der Waals surface area contributed by atoms with Crippen LogP contribution >= 0.6 is 22.6 Å². The van der Waals surface area contributed by atoms with Gasteiger partial charge in [0.2, 0.25) is 0 Å². The highest BCUT2D eigenvalue weighted by atomic mass is 127. The van der Waals surface area contributed by atoms with Gasteiger partial charge in [-0.3, -0.25) is 20.2 Å². The van der Waals surface area contributed by atoms with Gasteiger partial charge in [0, 0.05) is 57.8 Å². The van der Waals surface area contributed by atoms with Crippen molar-refractivity contribution in [2.24, 2.45) is 0 Å². The molecule has 0 radical (unpaired) electrons. The SMILES string of the molecule is O=[N+]([O-])c1ccc(-[n+]2nc(-c3ccccc3)nn2-c2ccc(I)cc2)cc1.O=[N+]([O-])c1ccc(-n2nc(-c3ccccc3)n[n+]2-c2cccc3ccccc23)cc1.[CH3-].[CH3-].[CH3-].[CH3-].c1ccc(-c2nn(-c3ccccc3)[n+](-c3cccc4ccccc34)n2)cc1.c1ccc(-c2nn(-c3ccccc3)[n+](-c3ccccc3)n2)cc1. The number of halogens is 1. The number of nitro groups is 2. The lowest BCUT2D eigenvalue weighted by molar-refractivity contribution is -0.734. The standard InChI is InChI=1S/C23H16N5O2.C23H17N4.C19H13IN5O2.C19H15N4.4CH3/c29-28(30)20-15-13-19(14-16-20)26-24-23(18-8-2-1-3-9-18)25-27(26)22-12-6-10-17-7-4-5-11-21(17)22;1-3-11-19(12-4-1)23-24-26(20-14-5-2-6-15-20)27(25-23)22-17-9-13-18-10-7-8-16-21(18)22;20-15-6-8-16(9-7-15)23-21-19(14-4-2-1-3-5-14)22-24(23)17-10-12-18(13-11-17)25(26)27;1-4-10-16(11-5-1)19-20-22(17-12-6-2-7-13-17)23(21-19)18-14-8-3-9-15-18;;;;/h1-16H;1-17H;1-13H;1-15H;4*1H3/q4*+1;4*-1. The van der Waals surface area contributed by atoms with Gasteiger partial charge in [-0.25, -0.2) is 0 Å². The highest BCUT2D eigenvalue weighted by Gasteiger charge is 2.29. The number of aromatic nitrogens is 16. The van der Waals surface area contributed by atoms with Crippen molar-refractivity contribution in [3.63, 3.8) is 0 Å². The van der Waals surface area contributed by atoms with E-state index in [0.717, 1.165) is 76.1 Å². The van der Waals surface area contributed by atoms with Crippen LogP contribution in [-0.4, -0.2) is 69.8 Å². The van der Waals surface area contributed by atoms with E-state index in [1.165, 1.54) is 29.7 Å². The Kier molecular flexibility index (Phi) is 25.2. The molecular formula is C88H73IN18O4. The van der Waals surface area contributed by atoms with E-state index < -0.39 is 9.85 Å². The van der Waals surface area contributed by atoms with Crippen molar-refractivity contribution < 1.29 is 29.0 Å². The molecule has 0 amide bonds. The summed E-state index contributed by atoms with van der Waals surface area (Å²) in [5.41, 5.74) is 10.7. The van der Waals surface area contributed by atoms with E-state index in [1.807, 2.05) is 310 Å². The van der Waals surface area contributed by atoms with Crippen molar-refractivity contribution in [1.29, 1.82) is 0 Å². The number of nitro benzene ring substituents is 2. The van der Waals surface area contributed by atoms with Gasteiger partial charge in [-0.05, 0) is 231 Å². The molecule has 0 aliphatic heterocycles. The fraction of sp³-hybridized carbons (Fsp3) is 0. The second-order valence-electron chi connectivity index (χ2n) is 23.9. The first kappa shape index (κ1) is 77.5. The molecule has 0 N–H and O–H groups in total. The van der Waals surface area contributed by atoms with Gasteiger partial charge in [0.05, 0.1) is 52.5 Å². The second-order valence-corrected chi connectivity index (χ2v) is 25.1. The molecule has 0 fully saturated rings. The van der Waals surface area contributed by atoms with Gasteiger partial charge >= 0.3 is 23.3 Å². The Morgan fingerprint density at radius 2 is 0.514 bits per heavy atom. The Hall–Kier alpha value is -14.6. The van der Waals surface area contributed by atoms with Crippen molar-refractivity contribution in [1.82, 2.24) is 60.0 Å². The average Bonchev–Trinajstić information content (AvgIpc) is 1.69. The van der Waals surface area contributed by atoms with Gasteiger partial charge in [-0.1, -0.05) is 188 Å². The summed E-state index contributed by atoms with van der Waals surface area (Å²) >= 11 is 2.24. The summed E-state index contributed by atoms with van der Waals surface area (Å²) in [7, 11) is 0. The summed E-state index contributed by atoms with van der Waals surface area (Å²) in [4.78, 5) is 35.2. The maximum atomic E-state index is 11.0. The zero-order valence-corrected chi connectivity index (χ0v) is 62.9. The van der Waals surface area contributed by atoms with E-state index in [9.17, 15) is 20.2 Å². The molecule has 0 saturated heterocycles. The van der Waals surface area contributed by atoms with Gasteiger partial charge in [-0.15, -0.1) is 0 Å². The van der Waals surface area contributed by atoms with Gasteiger partial charge in [0.25, 0.3) is 11.4 Å². The van der Waals surface area contributed by atoms with Gasteiger partial charge in [0.1, 0.15) is 22.7 Å². The third kappa shape index (κ3) is 17.6. The van der Waals surface area contributed by atoms with E-state index in [1.54, 1.807) is 43.5 Å². The Balaban J connectivity index is 0.000000145. The van der Waals surface area contributed by atoms with E-state index in [0.29, 0.717) is 34.7 Å². The quantitative estimate of drug-likeness (QED) is 0.0326. The predicted octanol–water partition coefficient (Wildman–Crippen LogP) is 17.4. The molecule has 0 spiro atoms. The summed E-state index contributed by atoms with van der Waals surface area (Å²) < 4.78 is 1.11. The summed E-state index contributed by atoms with van der Waals surface area (Å²) in [6.07, 6.45) is 0. The number of rotatable bonds is 14. The molecule has 4 heterocycles. The molecule has 14 aromatic carbocycles. The first-order valence-corrected chi connectivity index (χ1v) is 34.9. The molecule has 0 bridgehead atoms. The number of para-hydroxylation sites is 3. The topological polar surface area (TPSA) is 225 Å². The molecular weight excluding hydrogens is 1500 g/mol. The Bertz CT molecular complexity index is 6000. The Labute approximate surface area is 654 Å². The van der Waals surface area contributed by atoms with Gasteiger partial charge < -0.3 is 29.7 Å². The molecule has 4 aromatic heterocycles. The van der Waals surface area contributed by atoms with Crippen LogP contribution in [-0.2, 0) is 0 Å². The van der Waals surface area contributed by atoms with Crippen molar-refractivity contribution in [3.05, 3.63) is 424 Å². The fourth-order valence-electron chi connectivity index (χ4n) is 11.7. The predicted molar refractivity (Wildman–Crippen MR) is 440 cm³/mol. The first-order chi connectivity index (χ1) is 52.6. The first-order valence-electron chi connectivity index (χ1n) is 33.8. The fourth-order valence-corrected chi connectivity index (χ4v) is 12.1. The zero-order valence-electron chi connectivity index (χ0n) is 60.8. The van der Waals surface area contributed by atoms with Crippen molar-refractivity contribution in [2.75, 3.05) is 0 Å². The molecule has 18 aromatic rings. The number of hydrogen-bond acceptors (Lipinski definition) is 12. The van der Waals surface area contributed by atoms with Crippen molar-refractivity contribution in [2.45, 2.75) is 0 Å². The summed E-state index contributed by atoms with van der Waals surface area (Å²) in [6, 6.07) is 119. The number of nitrogens with zero attached hydrogens (tertiary/aromatic N) is 18. The Morgan fingerprint density at radius 3 is 0.856 bits per heavy atom. The van der Waals surface area contributed by atoms with E-state index in [2.05, 4.69) is 63.1 Å². The van der Waals surface area contributed by atoms with Gasteiger partial charge in [-0.2, -0.15) is 0 Å². The highest BCUT2D eigenvalue weighted by Crippen LogP contribution is 2.25. The van der Waals surface area contributed by atoms with Crippen LogP contribution in [0, 0.1) is 53.5 Å². The zero-order chi connectivity index (χ0) is 72.8. The van der Waals surface area contributed by atoms with Crippen LogP contribution in [0.15, 0.2) is 370 Å². The van der Waals surface area contributed by atoms with Crippen LogP contribution in [0.25, 0.3) is 113 Å². The van der Waals surface area contributed by atoms with E-state index >= 15 is 0 Å².